The Morgan fingerprint density at radius 3 is 2.60 bits per heavy atom. The van der Waals surface area contributed by atoms with Gasteiger partial charge in [-0.05, 0) is 23.8 Å². The lowest BCUT2D eigenvalue weighted by atomic mass is 10.1. The second-order valence-electron chi connectivity index (χ2n) is 4.73. The van der Waals surface area contributed by atoms with Gasteiger partial charge in [0.15, 0.2) is 0 Å². The van der Waals surface area contributed by atoms with Gasteiger partial charge in [-0.1, -0.05) is 30.3 Å². The van der Waals surface area contributed by atoms with Gasteiger partial charge in [-0.25, -0.2) is 9.37 Å². The van der Waals surface area contributed by atoms with Crippen molar-refractivity contribution in [3.05, 3.63) is 64.9 Å². The lowest BCUT2D eigenvalue weighted by molar-refractivity contribution is 0.174. The third-order valence-corrected chi connectivity index (χ3v) is 4.22. The van der Waals surface area contributed by atoms with Crippen molar-refractivity contribution < 1.29 is 9.50 Å². The van der Waals surface area contributed by atoms with Crippen molar-refractivity contribution >= 4 is 21.6 Å². The van der Waals surface area contributed by atoms with Crippen molar-refractivity contribution in [2.75, 3.05) is 0 Å². The van der Waals surface area contributed by atoms with E-state index in [-0.39, 0.29) is 5.82 Å². The van der Waals surface area contributed by atoms with E-state index in [0.717, 1.165) is 15.2 Å². The van der Waals surface area contributed by atoms with Gasteiger partial charge < -0.3 is 5.11 Å². The van der Waals surface area contributed by atoms with Crippen LogP contribution in [0.25, 0.3) is 10.2 Å². The number of para-hydroxylation sites is 1. The number of aliphatic hydroxyl groups is 1. The molecule has 2 nitrogen and oxygen atoms in total. The Balaban J connectivity index is 1.72. The summed E-state index contributed by atoms with van der Waals surface area (Å²) in [5.74, 6) is -0.268. The summed E-state index contributed by atoms with van der Waals surface area (Å²) in [6, 6.07) is 14.4. The molecule has 4 heteroatoms. The molecule has 1 aromatic heterocycles. The van der Waals surface area contributed by atoms with Gasteiger partial charge in [-0.15, -0.1) is 11.3 Å². The van der Waals surface area contributed by atoms with Gasteiger partial charge in [-0.3, -0.25) is 0 Å². The molecule has 0 bridgehead atoms. The van der Waals surface area contributed by atoms with Crippen LogP contribution in [0.4, 0.5) is 4.39 Å². The van der Waals surface area contributed by atoms with Crippen LogP contribution in [0, 0.1) is 5.82 Å². The van der Waals surface area contributed by atoms with Crippen molar-refractivity contribution in [3.8, 4) is 0 Å². The number of benzene rings is 2. The van der Waals surface area contributed by atoms with Crippen LogP contribution in [0.15, 0.2) is 48.5 Å². The number of aromatic nitrogens is 1. The van der Waals surface area contributed by atoms with E-state index in [1.165, 1.54) is 6.07 Å². The average molecular weight is 287 g/mol. The first-order valence-electron chi connectivity index (χ1n) is 6.48. The van der Waals surface area contributed by atoms with Gasteiger partial charge in [0, 0.05) is 12.8 Å². The molecule has 0 fully saturated rings. The van der Waals surface area contributed by atoms with E-state index in [9.17, 15) is 9.50 Å². The summed E-state index contributed by atoms with van der Waals surface area (Å²) in [6.45, 7) is 0. The number of nitrogens with zero attached hydrogens (tertiary/aromatic N) is 1. The molecule has 1 heterocycles. The topological polar surface area (TPSA) is 33.1 Å². The fraction of sp³-hybridized carbons (Fsp3) is 0.188. The number of rotatable bonds is 4. The Kier molecular flexibility index (Phi) is 3.76. The zero-order valence-electron chi connectivity index (χ0n) is 10.8. The van der Waals surface area contributed by atoms with Gasteiger partial charge in [0.1, 0.15) is 5.82 Å². The second kappa shape index (κ2) is 5.69. The van der Waals surface area contributed by atoms with Crippen molar-refractivity contribution in [3.63, 3.8) is 0 Å². The summed E-state index contributed by atoms with van der Waals surface area (Å²) in [6.07, 6.45) is 0.142. The molecule has 2 aromatic carbocycles. The lowest BCUT2D eigenvalue weighted by Gasteiger charge is -2.09. The number of halogens is 1. The van der Waals surface area contributed by atoms with Crippen LogP contribution < -0.4 is 0 Å². The minimum Gasteiger partial charge on any atom is -0.392 e. The third kappa shape index (κ3) is 2.86. The second-order valence-corrected chi connectivity index (χ2v) is 5.84. The molecular formula is C16H14FNOS. The molecule has 0 saturated carbocycles. The predicted octanol–water partition coefficient (Wildman–Crippen LogP) is 3.58. The first kappa shape index (κ1) is 13.2. The summed E-state index contributed by atoms with van der Waals surface area (Å²) in [5, 5.41) is 11.0. The lowest BCUT2D eigenvalue weighted by Crippen LogP contribution is -2.14. The van der Waals surface area contributed by atoms with Crippen molar-refractivity contribution in [2.45, 2.75) is 18.9 Å². The molecule has 0 aliphatic rings. The highest BCUT2D eigenvalue weighted by atomic mass is 32.1. The number of thiazole rings is 1. The minimum atomic E-state index is -0.618. The third-order valence-electron chi connectivity index (χ3n) is 3.16. The minimum absolute atomic E-state index is 0.268. The SMILES string of the molecule is OC(Cc1nc2ccccc2s1)Cc1ccccc1F. The van der Waals surface area contributed by atoms with E-state index in [2.05, 4.69) is 4.98 Å². The highest BCUT2D eigenvalue weighted by molar-refractivity contribution is 7.18. The van der Waals surface area contributed by atoms with E-state index in [1.54, 1.807) is 29.5 Å². The van der Waals surface area contributed by atoms with Crippen LogP contribution in [-0.2, 0) is 12.8 Å². The van der Waals surface area contributed by atoms with Crippen molar-refractivity contribution in [1.29, 1.82) is 0 Å². The maximum atomic E-state index is 13.5. The first-order chi connectivity index (χ1) is 9.72. The molecule has 102 valence electrons. The standard InChI is InChI=1S/C16H14FNOS/c17-13-6-2-1-5-11(13)9-12(19)10-16-18-14-7-3-4-8-15(14)20-16/h1-8,12,19H,9-10H2. The summed E-state index contributed by atoms with van der Waals surface area (Å²) in [4.78, 5) is 4.48. The van der Waals surface area contributed by atoms with E-state index in [0.29, 0.717) is 18.4 Å². The molecule has 0 radical (unpaired) electrons. The summed E-state index contributed by atoms with van der Waals surface area (Å²) >= 11 is 1.58. The summed E-state index contributed by atoms with van der Waals surface area (Å²) < 4.78 is 14.6. The number of fused-ring (bicyclic) bond motifs is 1. The van der Waals surface area contributed by atoms with Crippen LogP contribution in [0.1, 0.15) is 10.6 Å². The smallest absolute Gasteiger partial charge is 0.126 e. The summed E-state index contributed by atoms with van der Waals surface area (Å²) in [7, 11) is 0. The highest BCUT2D eigenvalue weighted by Crippen LogP contribution is 2.23. The van der Waals surface area contributed by atoms with Crippen LogP contribution in [-0.4, -0.2) is 16.2 Å². The Morgan fingerprint density at radius 1 is 1.05 bits per heavy atom. The molecule has 0 aliphatic heterocycles. The number of aliphatic hydroxyl groups excluding tert-OH is 1. The molecule has 0 spiro atoms. The normalized spacial score (nSPS) is 12.7. The van der Waals surface area contributed by atoms with Gasteiger partial charge in [0.25, 0.3) is 0 Å². The number of hydrogen-bond donors (Lipinski definition) is 1. The first-order valence-corrected chi connectivity index (χ1v) is 7.30. The van der Waals surface area contributed by atoms with Crippen LogP contribution >= 0.6 is 11.3 Å². The maximum Gasteiger partial charge on any atom is 0.126 e. The van der Waals surface area contributed by atoms with Gasteiger partial charge in [-0.2, -0.15) is 0 Å². The van der Waals surface area contributed by atoms with E-state index >= 15 is 0 Å². The Bertz CT molecular complexity index is 692. The summed E-state index contributed by atoms with van der Waals surface area (Å²) in [5.41, 5.74) is 1.49. The van der Waals surface area contributed by atoms with Crippen molar-refractivity contribution in [1.82, 2.24) is 4.98 Å². The van der Waals surface area contributed by atoms with Gasteiger partial charge in [0.05, 0.1) is 21.3 Å². The maximum absolute atomic E-state index is 13.5. The molecule has 1 N–H and O–H groups in total. The molecule has 1 unspecified atom stereocenters. The Morgan fingerprint density at radius 2 is 1.80 bits per heavy atom. The zero-order chi connectivity index (χ0) is 13.9. The molecule has 0 aliphatic carbocycles. The fourth-order valence-corrected chi connectivity index (χ4v) is 3.24. The quantitative estimate of drug-likeness (QED) is 0.795. The predicted molar refractivity (Wildman–Crippen MR) is 79.4 cm³/mol. The molecular weight excluding hydrogens is 273 g/mol. The van der Waals surface area contributed by atoms with E-state index in [4.69, 9.17) is 0 Å². The zero-order valence-corrected chi connectivity index (χ0v) is 11.6. The molecule has 0 amide bonds. The van der Waals surface area contributed by atoms with Crippen molar-refractivity contribution in [2.24, 2.45) is 0 Å². The van der Waals surface area contributed by atoms with Gasteiger partial charge >= 0.3 is 0 Å². The number of hydrogen-bond acceptors (Lipinski definition) is 3. The molecule has 20 heavy (non-hydrogen) atoms. The Hall–Kier alpha value is -1.78. The van der Waals surface area contributed by atoms with Crippen LogP contribution in [0.2, 0.25) is 0 Å². The highest BCUT2D eigenvalue weighted by Gasteiger charge is 2.12. The fourth-order valence-electron chi connectivity index (χ4n) is 2.20. The van der Waals surface area contributed by atoms with Gasteiger partial charge in [0.2, 0.25) is 0 Å². The van der Waals surface area contributed by atoms with E-state index < -0.39 is 6.10 Å². The van der Waals surface area contributed by atoms with Crippen LogP contribution in [0.5, 0.6) is 0 Å². The largest absolute Gasteiger partial charge is 0.392 e. The van der Waals surface area contributed by atoms with Crippen LogP contribution in [0.3, 0.4) is 0 Å². The molecule has 3 aromatic rings. The molecule has 0 saturated heterocycles. The Labute approximate surface area is 120 Å². The monoisotopic (exact) mass is 287 g/mol. The van der Waals surface area contributed by atoms with E-state index in [1.807, 2.05) is 24.3 Å². The molecule has 3 rings (SSSR count). The average Bonchev–Trinajstić information content (AvgIpc) is 2.83. The molecule has 1 atom stereocenters.